The number of rotatable bonds is 2. The molecule has 0 saturated carbocycles. The van der Waals surface area contributed by atoms with Crippen LogP contribution in [0.25, 0.3) is 0 Å². The van der Waals surface area contributed by atoms with E-state index >= 15 is 0 Å². The van der Waals surface area contributed by atoms with Crippen molar-refractivity contribution in [3.05, 3.63) is 17.5 Å². The zero-order valence-corrected chi connectivity index (χ0v) is 9.79. The number of hydrogen-bond donors (Lipinski definition) is 1. The summed E-state index contributed by atoms with van der Waals surface area (Å²) in [6.07, 6.45) is 4.05. The topological polar surface area (TPSA) is 52.0 Å². The van der Waals surface area contributed by atoms with Gasteiger partial charge in [-0.15, -0.1) is 0 Å². The standard InChI is InChI=1S/C12H20N2O/c1-8(6-13)11-9-7-14-15-10(9)4-5-12(11,2)3/h7-8,11H,4-6,13H2,1-3H3. The van der Waals surface area contributed by atoms with Gasteiger partial charge < -0.3 is 10.3 Å². The number of nitrogens with zero attached hydrogens (tertiary/aromatic N) is 1. The monoisotopic (exact) mass is 208 g/mol. The van der Waals surface area contributed by atoms with Crippen molar-refractivity contribution in [3.8, 4) is 0 Å². The molecule has 2 unspecified atom stereocenters. The molecule has 0 bridgehead atoms. The van der Waals surface area contributed by atoms with E-state index in [0.717, 1.165) is 25.1 Å². The number of fused-ring (bicyclic) bond motifs is 1. The molecule has 0 saturated heterocycles. The van der Waals surface area contributed by atoms with Crippen molar-refractivity contribution in [2.24, 2.45) is 17.1 Å². The van der Waals surface area contributed by atoms with Crippen LogP contribution in [0.3, 0.4) is 0 Å². The van der Waals surface area contributed by atoms with Gasteiger partial charge in [-0.25, -0.2) is 0 Å². The van der Waals surface area contributed by atoms with Crippen molar-refractivity contribution in [2.75, 3.05) is 6.54 Å². The van der Waals surface area contributed by atoms with Crippen LogP contribution in [0.4, 0.5) is 0 Å². The smallest absolute Gasteiger partial charge is 0.140 e. The van der Waals surface area contributed by atoms with E-state index in [-0.39, 0.29) is 0 Å². The second-order valence-electron chi connectivity index (χ2n) is 5.38. The van der Waals surface area contributed by atoms with Crippen LogP contribution in [-0.4, -0.2) is 11.7 Å². The Morgan fingerprint density at radius 3 is 3.07 bits per heavy atom. The highest BCUT2D eigenvalue weighted by Crippen LogP contribution is 2.48. The summed E-state index contributed by atoms with van der Waals surface area (Å²) >= 11 is 0. The van der Waals surface area contributed by atoms with Gasteiger partial charge in [-0.3, -0.25) is 0 Å². The summed E-state index contributed by atoms with van der Waals surface area (Å²) in [5.74, 6) is 2.04. The Kier molecular flexibility index (Phi) is 2.59. The predicted octanol–water partition coefficient (Wildman–Crippen LogP) is 2.33. The van der Waals surface area contributed by atoms with Gasteiger partial charge in [0, 0.05) is 12.0 Å². The second kappa shape index (κ2) is 3.63. The first-order chi connectivity index (χ1) is 7.06. The summed E-state index contributed by atoms with van der Waals surface area (Å²) in [5.41, 5.74) is 7.38. The predicted molar refractivity (Wildman–Crippen MR) is 59.6 cm³/mol. The summed E-state index contributed by atoms with van der Waals surface area (Å²) in [7, 11) is 0. The van der Waals surface area contributed by atoms with E-state index in [0.29, 0.717) is 17.3 Å². The molecule has 1 aliphatic carbocycles. The van der Waals surface area contributed by atoms with Crippen molar-refractivity contribution < 1.29 is 4.52 Å². The van der Waals surface area contributed by atoms with Crippen molar-refractivity contribution >= 4 is 0 Å². The van der Waals surface area contributed by atoms with Crippen LogP contribution in [0.5, 0.6) is 0 Å². The highest BCUT2D eigenvalue weighted by molar-refractivity contribution is 5.26. The quantitative estimate of drug-likeness (QED) is 0.811. The molecule has 0 aromatic carbocycles. The van der Waals surface area contributed by atoms with E-state index in [2.05, 4.69) is 25.9 Å². The molecule has 15 heavy (non-hydrogen) atoms. The summed E-state index contributed by atoms with van der Waals surface area (Å²) in [4.78, 5) is 0. The SMILES string of the molecule is CC(CN)C1c2cnoc2CCC1(C)C. The molecule has 2 N–H and O–H groups in total. The third-order valence-corrected chi connectivity index (χ3v) is 3.79. The van der Waals surface area contributed by atoms with Gasteiger partial charge >= 0.3 is 0 Å². The van der Waals surface area contributed by atoms with Gasteiger partial charge in [0.05, 0.1) is 6.20 Å². The maximum atomic E-state index is 5.80. The van der Waals surface area contributed by atoms with E-state index in [4.69, 9.17) is 10.3 Å². The summed E-state index contributed by atoms with van der Waals surface area (Å²) in [5, 5.41) is 3.92. The third kappa shape index (κ3) is 1.69. The Hall–Kier alpha value is -0.830. The van der Waals surface area contributed by atoms with Crippen LogP contribution in [0.2, 0.25) is 0 Å². The lowest BCUT2D eigenvalue weighted by Gasteiger charge is -2.40. The molecule has 1 heterocycles. The van der Waals surface area contributed by atoms with Gasteiger partial charge in [0.15, 0.2) is 0 Å². The normalized spacial score (nSPS) is 26.0. The van der Waals surface area contributed by atoms with Crippen LogP contribution in [0.15, 0.2) is 10.7 Å². The molecule has 3 nitrogen and oxygen atoms in total. The minimum Gasteiger partial charge on any atom is -0.361 e. The minimum absolute atomic E-state index is 0.303. The molecule has 0 spiro atoms. The van der Waals surface area contributed by atoms with Gasteiger partial charge in [0.25, 0.3) is 0 Å². The summed E-state index contributed by atoms with van der Waals surface area (Å²) in [6, 6.07) is 0. The first-order valence-corrected chi connectivity index (χ1v) is 5.70. The molecule has 0 radical (unpaired) electrons. The third-order valence-electron chi connectivity index (χ3n) is 3.79. The molecule has 84 valence electrons. The molecule has 1 aromatic heterocycles. The maximum absolute atomic E-state index is 5.80. The first-order valence-electron chi connectivity index (χ1n) is 5.70. The van der Waals surface area contributed by atoms with Crippen molar-refractivity contribution in [3.63, 3.8) is 0 Å². The number of hydrogen-bond acceptors (Lipinski definition) is 3. The molecule has 0 fully saturated rings. The second-order valence-corrected chi connectivity index (χ2v) is 5.38. The Bertz CT molecular complexity index is 343. The fraction of sp³-hybridized carbons (Fsp3) is 0.750. The fourth-order valence-electron chi connectivity index (χ4n) is 2.94. The van der Waals surface area contributed by atoms with Crippen LogP contribution in [0, 0.1) is 11.3 Å². The van der Waals surface area contributed by atoms with E-state index < -0.39 is 0 Å². The van der Waals surface area contributed by atoms with Crippen molar-refractivity contribution in [1.29, 1.82) is 0 Å². The summed E-state index contributed by atoms with van der Waals surface area (Å²) in [6.45, 7) is 7.58. The van der Waals surface area contributed by atoms with Gasteiger partial charge in [-0.1, -0.05) is 25.9 Å². The molecule has 3 heteroatoms. The van der Waals surface area contributed by atoms with Crippen LogP contribution >= 0.6 is 0 Å². The Balaban J connectivity index is 2.40. The highest BCUT2D eigenvalue weighted by atomic mass is 16.5. The maximum Gasteiger partial charge on any atom is 0.140 e. The van der Waals surface area contributed by atoms with E-state index in [1.165, 1.54) is 5.56 Å². The van der Waals surface area contributed by atoms with Gasteiger partial charge in [0.2, 0.25) is 0 Å². The molecule has 2 atom stereocenters. The van der Waals surface area contributed by atoms with E-state index in [1.807, 2.05) is 6.20 Å². The molecule has 1 aromatic rings. The Morgan fingerprint density at radius 2 is 2.40 bits per heavy atom. The molecule has 2 rings (SSSR count). The lowest BCUT2D eigenvalue weighted by molar-refractivity contribution is 0.181. The zero-order valence-electron chi connectivity index (χ0n) is 9.79. The lowest BCUT2D eigenvalue weighted by Crippen LogP contribution is -2.34. The molecule has 0 amide bonds. The lowest BCUT2D eigenvalue weighted by atomic mass is 9.63. The Labute approximate surface area is 91.0 Å². The van der Waals surface area contributed by atoms with Crippen LogP contribution in [0.1, 0.15) is 44.4 Å². The molecular formula is C12H20N2O. The zero-order chi connectivity index (χ0) is 11.1. The minimum atomic E-state index is 0.303. The molecule has 0 aliphatic heterocycles. The van der Waals surface area contributed by atoms with Crippen molar-refractivity contribution in [1.82, 2.24) is 5.16 Å². The van der Waals surface area contributed by atoms with Gasteiger partial charge in [0.1, 0.15) is 5.76 Å². The average molecular weight is 208 g/mol. The number of nitrogens with two attached hydrogens (primary N) is 1. The van der Waals surface area contributed by atoms with Gasteiger partial charge in [-0.05, 0) is 30.2 Å². The number of aryl methyl sites for hydroxylation is 1. The largest absolute Gasteiger partial charge is 0.361 e. The molecule has 1 aliphatic rings. The van der Waals surface area contributed by atoms with E-state index in [9.17, 15) is 0 Å². The summed E-state index contributed by atoms with van der Waals surface area (Å²) < 4.78 is 5.28. The van der Waals surface area contributed by atoms with Crippen molar-refractivity contribution in [2.45, 2.75) is 39.5 Å². The fourth-order valence-corrected chi connectivity index (χ4v) is 2.94. The Morgan fingerprint density at radius 1 is 1.67 bits per heavy atom. The van der Waals surface area contributed by atoms with Crippen LogP contribution < -0.4 is 5.73 Å². The highest BCUT2D eigenvalue weighted by Gasteiger charge is 2.40. The van der Waals surface area contributed by atoms with Gasteiger partial charge in [-0.2, -0.15) is 0 Å². The van der Waals surface area contributed by atoms with E-state index in [1.54, 1.807) is 0 Å². The van der Waals surface area contributed by atoms with Crippen LogP contribution in [-0.2, 0) is 6.42 Å². The molecular weight excluding hydrogens is 188 g/mol. The average Bonchev–Trinajstić information content (AvgIpc) is 2.63. The number of aromatic nitrogens is 1. The first kappa shape index (κ1) is 10.7.